The topological polar surface area (TPSA) is 72.7 Å². The van der Waals surface area contributed by atoms with Crippen LogP contribution in [0.5, 0.6) is 0 Å². The summed E-state index contributed by atoms with van der Waals surface area (Å²) >= 11 is 1.52. The van der Waals surface area contributed by atoms with Gasteiger partial charge in [-0.15, -0.1) is 5.10 Å². The summed E-state index contributed by atoms with van der Waals surface area (Å²) in [5, 5.41) is 14.6. The molecule has 6 nitrogen and oxygen atoms in total. The van der Waals surface area contributed by atoms with Gasteiger partial charge in [0.15, 0.2) is 0 Å². The number of nitrogens with one attached hydrogen (secondary N) is 1. The number of tetrazole rings is 1. The Hall–Kier alpha value is -1.89. The van der Waals surface area contributed by atoms with E-state index in [0.29, 0.717) is 0 Å². The Morgan fingerprint density at radius 1 is 1.33 bits per heavy atom. The Morgan fingerprint density at radius 2 is 1.94 bits per heavy atom. The van der Waals surface area contributed by atoms with E-state index in [1.54, 1.807) is 11.7 Å². The van der Waals surface area contributed by atoms with Crippen molar-refractivity contribution in [1.29, 1.82) is 0 Å². The van der Waals surface area contributed by atoms with Gasteiger partial charge in [-0.3, -0.25) is 4.79 Å². The Balaban J connectivity index is 0.000000280. The molecule has 96 valence electrons. The van der Waals surface area contributed by atoms with Crippen molar-refractivity contribution < 1.29 is 4.79 Å². The summed E-state index contributed by atoms with van der Waals surface area (Å²) in [6, 6.07) is 9.82. The number of aromatic nitrogens is 4. The van der Waals surface area contributed by atoms with Crippen LogP contribution in [0.1, 0.15) is 6.92 Å². The third-order valence-corrected chi connectivity index (χ3v) is 2.60. The van der Waals surface area contributed by atoms with Crippen LogP contribution >= 0.6 is 11.8 Å². The summed E-state index contributed by atoms with van der Waals surface area (Å²) in [5.41, 5.74) is 0.983. The van der Waals surface area contributed by atoms with E-state index in [9.17, 15) is 4.79 Å². The highest BCUT2D eigenvalue weighted by Crippen LogP contribution is 2.14. The molecule has 0 aliphatic carbocycles. The first kappa shape index (κ1) is 14.2. The van der Waals surface area contributed by atoms with Crippen molar-refractivity contribution in [3.63, 3.8) is 0 Å². The summed E-state index contributed by atoms with van der Waals surface area (Å²) < 4.78 is 1.71. The van der Waals surface area contributed by atoms with Crippen molar-refractivity contribution >= 4 is 17.7 Å². The molecule has 1 N–H and O–H groups in total. The van der Waals surface area contributed by atoms with Gasteiger partial charge in [0, 0.05) is 14.0 Å². The Labute approximate surface area is 110 Å². The van der Waals surface area contributed by atoms with Crippen molar-refractivity contribution in [2.24, 2.45) is 0 Å². The third kappa shape index (κ3) is 4.17. The van der Waals surface area contributed by atoms with E-state index in [2.05, 4.69) is 20.8 Å². The van der Waals surface area contributed by atoms with E-state index in [0.717, 1.165) is 10.8 Å². The van der Waals surface area contributed by atoms with Crippen LogP contribution in [0.4, 0.5) is 0 Å². The van der Waals surface area contributed by atoms with Gasteiger partial charge in [0.05, 0.1) is 5.69 Å². The molecule has 0 saturated heterocycles. The zero-order chi connectivity index (χ0) is 13.4. The van der Waals surface area contributed by atoms with Gasteiger partial charge in [-0.1, -0.05) is 30.0 Å². The Morgan fingerprint density at radius 3 is 2.44 bits per heavy atom. The average molecular weight is 265 g/mol. The summed E-state index contributed by atoms with van der Waals surface area (Å²) in [7, 11) is 1.60. The molecule has 0 atom stereocenters. The fraction of sp³-hybridized carbons (Fsp3) is 0.273. The van der Waals surface area contributed by atoms with E-state index in [-0.39, 0.29) is 5.91 Å². The van der Waals surface area contributed by atoms with E-state index < -0.39 is 0 Å². The Kier molecular flexibility index (Phi) is 5.86. The zero-order valence-electron chi connectivity index (χ0n) is 10.5. The average Bonchev–Trinajstić information content (AvgIpc) is 2.88. The summed E-state index contributed by atoms with van der Waals surface area (Å²) in [6.45, 7) is 1.47. The molecule has 1 aromatic heterocycles. The highest BCUT2D eigenvalue weighted by Gasteiger charge is 2.04. The van der Waals surface area contributed by atoms with E-state index >= 15 is 0 Å². The van der Waals surface area contributed by atoms with Crippen LogP contribution in [0.2, 0.25) is 0 Å². The second-order valence-corrected chi connectivity index (χ2v) is 3.99. The number of carbonyl (C=O) groups excluding carboxylic acids is 1. The van der Waals surface area contributed by atoms with Crippen molar-refractivity contribution in [2.75, 3.05) is 13.3 Å². The fourth-order valence-corrected chi connectivity index (χ4v) is 1.47. The van der Waals surface area contributed by atoms with Gasteiger partial charge < -0.3 is 5.32 Å². The summed E-state index contributed by atoms with van der Waals surface area (Å²) in [6.07, 6.45) is 1.95. The molecule has 0 saturated carbocycles. The van der Waals surface area contributed by atoms with Gasteiger partial charge in [0.25, 0.3) is 0 Å². The molecule has 1 heterocycles. The molecular weight excluding hydrogens is 250 g/mol. The molecule has 2 rings (SSSR count). The number of hydrogen-bond acceptors (Lipinski definition) is 5. The monoisotopic (exact) mass is 265 g/mol. The minimum Gasteiger partial charge on any atom is -0.359 e. The quantitative estimate of drug-likeness (QED) is 0.824. The van der Waals surface area contributed by atoms with Crippen LogP contribution in [0.25, 0.3) is 5.69 Å². The molecule has 0 aliphatic rings. The second kappa shape index (κ2) is 7.44. The maximum absolute atomic E-state index is 9.70. The van der Waals surface area contributed by atoms with Crippen molar-refractivity contribution in [3.8, 4) is 5.69 Å². The Bertz CT molecular complexity index is 485. The molecule has 0 spiro atoms. The highest BCUT2D eigenvalue weighted by molar-refractivity contribution is 7.98. The molecule has 0 aliphatic heterocycles. The van der Waals surface area contributed by atoms with Crippen LogP contribution in [0.15, 0.2) is 35.5 Å². The molecule has 0 radical (unpaired) electrons. The van der Waals surface area contributed by atoms with E-state index in [1.165, 1.54) is 18.7 Å². The predicted molar refractivity (Wildman–Crippen MR) is 70.7 cm³/mol. The number of nitrogens with zero attached hydrogens (tertiary/aromatic N) is 4. The molecule has 7 heteroatoms. The molecule has 2 aromatic rings. The summed E-state index contributed by atoms with van der Waals surface area (Å²) in [4.78, 5) is 9.70. The largest absolute Gasteiger partial charge is 0.359 e. The van der Waals surface area contributed by atoms with Crippen molar-refractivity contribution in [1.82, 2.24) is 25.5 Å². The molecule has 0 fully saturated rings. The molecule has 0 unspecified atom stereocenters. The number of hydrogen-bond donors (Lipinski definition) is 1. The molecule has 18 heavy (non-hydrogen) atoms. The molecule has 0 bridgehead atoms. The highest BCUT2D eigenvalue weighted by atomic mass is 32.2. The molecule has 1 amide bonds. The number of thioether (sulfide) groups is 1. The second-order valence-electron chi connectivity index (χ2n) is 3.22. The van der Waals surface area contributed by atoms with E-state index in [1.807, 2.05) is 36.6 Å². The first-order chi connectivity index (χ1) is 8.69. The van der Waals surface area contributed by atoms with Crippen LogP contribution in [0, 0.1) is 0 Å². The number of rotatable bonds is 2. The lowest BCUT2D eigenvalue weighted by Crippen LogP contribution is -2.11. The minimum absolute atomic E-state index is 0.00463. The predicted octanol–water partition coefficient (Wildman–Crippen LogP) is 1.14. The fourth-order valence-electron chi connectivity index (χ4n) is 1.04. The number of benzene rings is 1. The SMILES string of the molecule is CNC(C)=O.CSc1nnnn1-c1ccccc1. The van der Waals surface area contributed by atoms with Gasteiger partial charge in [-0.2, -0.15) is 4.68 Å². The first-order valence-corrected chi connectivity index (χ1v) is 6.47. The zero-order valence-corrected chi connectivity index (χ0v) is 11.3. The smallest absolute Gasteiger partial charge is 0.216 e. The van der Waals surface area contributed by atoms with Crippen molar-refractivity contribution in [3.05, 3.63) is 30.3 Å². The van der Waals surface area contributed by atoms with Gasteiger partial charge in [-0.05, 0) is 28.8 Å². The van der Waals surface area contributed by atoms with Gasteiger partial charge >= 0.3 is 0 Å². The van der Waals surface area contributed by atoms with E-state index in [4.69, 9.17) is 0 Å². The lowest BCUT2D eigenvalue weighted by molar-refractivity contribution is -0.118. The van der Waals surface area contributed by atoms with Gasteiger partial charge in [0.2, 0.25) is 11.1 Å². The lowest BCUT2D eigenvalue weighted by atomic mass is 10.3. The number of amides is 1. The third-order valence-electron chi connectivity index (χ3n) is 1.98. The maximum Gasteiger partial charge on any atom is 0.216 e. The molecular formula is C11H15N5OS. The molecule has 1 aromatic carbocycles. The van der Waals surface area contributed by atoms with Crippen LogP contribution < -0.4 is 5.32 Å². The number of para-hydroxylation sites is 1. The van der Waals surface area contributed by atoms with Crippen LogP contribution in [-0.4, -0.2) is 39.4 Å². The van der Waals surface area contributed by atoms with Gasteiger partial charge in [-0.25, -0.2) is 0 Å². The maximum atomic E-state index is 9.70. The van der Waals surface area contributed by atoms with Crippen LogP contribution in [0.3, 0.4) is 0 Å². The van der Waals surface area contributed by atoms with Crippen molar-refractivity contribution in [2.45, 2.75) is 12.1 Å². The van der Waals surface area contributed by atoms with Crippen LogP contribution in [-0.2, 0) is 4.79 Å². The standard InChI is InChI=1S/C8H8N4S.C3H7NO/c1-13-8-9-10-11-12(8)7-5-3-2-4-6-7;1-3(5)4-2/h2-6H,1H3;1-2H3,(H,4,5). The number of carbonyl (C=O) groups is 1. The minimum atomic E-state index is 0.00463. The lowest BCUT2D eigenvalue weighted by Gasteiger charge is -2.00. The van der Waals surface area contributed by atoms with Gasteiger partial charge in [0.1, 0.15) is 0 Å². The normalized spacial score (nSPS) is 9.28. The first-order valence-electron chi connectivity index (χ1n) is 5.25. The summed E-state index contributed by atoms with van der Waals surface area (Å²) in [5.74, 6) is 0.00463.